The second kappa shape index (κ2) is 11.8. The smallest absolute Gasteiger partial charge is 0.166 e. The summed E-state index contributed by atoms with van der Waals surface area (Å²) in [5.41, 5.74) is 3.40. The SMILES string of the molecule is COc1ccc(C(=O)C2CCC(CN(Cc3ccccc3)Cc3ccccc3)CC2)cc1OC. The van der Waals surface area contributed by atoms with Crippen LogP contribution < -0.4 is 9.47 Å². The largest absolute Gasteiger partial charge is 0.493 e. The van der Waals surface area contributed by atoms with Crippen molar-refractivity contribution in [1.82, 2.24) is 4.90 Å². The van der Waals surface area contributed by atoms with E-state index in [1.807, 2.05) is 18.2 Å². The van der Waals surface area contributed by atoms with E-state index >= 15 is 0 Å². The summed E-state index contributed by atoms with van der Waals surface area (Å²) in [7, 11) is 3.22. The minimum atomic E-state index is 0.0889. The lowest BCUT2D eigenvalue weighted by atomic mass is 9.78. The molecule has 0 radical (unpaired) electrons. The molecule has 0 aromatic heterocycles. The Hall–Kier alpha value is -3.11. The molecule has 1 aliphatic rings. The summed E-state index contributed by atoms with van der Waals surface area (Å²) in [6, 6.07) is 26.9. The van der Waals surface area contributed by atoms with Crippen LogP contribution in [0.5, 0.6) is 11.5 Å². The van der Waals surface area contributed by atoms with Gasteiger partial charge in [-0.05, 0) is 60.9 Å². The van der Waals surface area contributed by atoms with Crippen molar-refractivity contribution in [1.29, 1.82) is 0 Å². The third-order valence-electron chi connectivity index (χ3n) is 6.90. The van der Waals surface area contributed by atoms with Crippen LogP contribution >= 0.6 is 0 Å². The molecule has 4 heteroatoms. The van der Waals surface area contributed by atoms with Gasteiger partial charge in [0.25, 0.3) is 0 Å². The standard InChI is InChI=1S/C30H35NO3/c1-33-28-18-17-27(19-29(28)34-2)30(32)26-15-13-25(14-16-26)22-31(20-23-9-5-3-6-10-23)21-24-11-7-4-8-12-24/h3-12,17-19,25-26H,13-16,20-22H2,1-2H3. The van der Waals surface area contributed by atoms with Gasteiger partial charge in [0.15, 0.2) is 17.3 Å². The zero-order valence-corrected chi connectivity index (χ0v) is 20.3. The summed E-state index contributed by atoms with van der Waals surface area (Å²) < 4.78 is 10.7. The molecule has 0 heterocycles. The average Bonchev–Trinajstić information content (AvgIpc) is 2.89. The molecule has 1 fully saturated rings. The van der Waals surface area contributed by atoms with Gasteiger partial charge in [-0.1, -0.05) is 60.7 Å². The van der Waals surface area contributed by atoms with Gasteiger partial charge < -0.3 is 9.47 Å². The predicted octanol–water partition coefficient (Wildman–Crippen LogP) is 6.40. The number of ether oxygens (including phenoxy) is 2. The first-order valence-electron chi connectivity index (χ1n) is 12.2. The van der Waals surface area contributed by atoms with Crippen molar-refractivity contribution < 1.29 is 14.3 Å². The molecule has 0 bridgehead atoms. The summed E-state index contributed by atoms with van der Waals surface area (Å²) >= 11 is 0. The molecule has 0 saturated heterocycles. The number of hydrogen-bond acceptors (Lipinski definition) is 4. The lowest BCUT2D eigenvalue weighted by molar-refractivity contribution is 0.0853. The van der Waals surface area contributed by atoms with Crippen LogP contribution in [0.15, 0.2) is 78.9 Å². The number of carbonyl (C=O) groups is 1. The van der Waals surface area contributed by atoms with Gasteiger partial charge in [0.05, 0.1) is 14.2 Å². The van der Waals surface area contributed by atoms with Gasteiger partial charge in [0, 0.05) is 31.1 Å². The van der Waals surface area contributed by atoms with Crippen molar-refractivity contribution >= 4 is 5.78 Å². The molecule has 0 unspecified atom stereocenters. The van der Waals surface area contributed by atoms with E-state index in [9.17, 15) is 4.79 Å². The zero-order valence-electron chi connectivity index (χ0n) is 20.3. The maximum atomic E-state index is 13.2. The molecule has 4 rings (SSSR count). The lowest BCUT2D eigenvalue weighted by Gasteiger charge is -2.32. The highest BCUT2D eigenvalue weighted by Gasteiger charge is 2.28. The fraction of sp³-hybridized carbons (Fsp3) is 0.367. The molecule has 1 saturated carbocycles. The van der Waals surface area contributed by atoms with Crippen molar-refractivity contribution in [2.75, 3.05) is 20.8 Å². The van der Waals surface area contributed by atoms with E-state index in [2.05, 4.69) is 65.6 Å². The number of carbonyl (C=O) groups excluding carboxylic acids is 1. The molecule has 178 valence electrons. The summed E-state index contributed by atoms with van der Waals surface area (Å²) in [5.74, 6) is 2.19. The second-order valence-electron chi connectivity index (χ2n) is 9.29. The minimum Gasteiger partial charge on any atom is -0.493 e. The Morgan fingerprint density at radius 1 is 0.765 bits per heavy atom. The molecule has 0 aliphatic heterocycles. The van der Waals surface area contributed by atoms with Crippen LogP contribution in [-0.2, 0) is 13.1 Å². The topological polar surface area (TPSA) is 38.8 Å². The van der Waals surface area contributed by atoms with Crippen LogP contribution in [0.2, 0.25) is 0 Å². The fourth-order valence-corrected chi connectivity index (χ4v) is 5.07. The van der Waals surface area contributed by atoms with Crippen molar-refractivity contribution in [3.05, 3.63) is 95.6 Å². The van der Waals surface area contributed by atoms with Crippen LogP contribution in [0.4, 0.5) is 0 Å². The van der Waals surface area contributed by atoms with Crippen molar-refractivity contribution in [2.24, 2.45) is 11.8 Å². The Labute approximate surface area is 203 Å². The Balaban J connectivity index is 1.37. The van der Waals surface area contributed by atoms with Crippen molar-refractivity contribution in [2.45, 2.75) is 38.8 Å². The number of rotatable bonds is 10. The monoisotopic (exact) mass is 457 g/mol. The van der Waals surface area contributed by atoms with Crippen LogP contribution in [-0.4, -0.2) is 31.4 Å². The summed E-state index contributed by atoms with van der Waals surface area (Å²) in [5, 5.41) is 0. The third-order valence-corrected chi connectivity index (χ3v) is 6.90. The van der Waals surface area contributed by atoms with E-state index in [4.69, 9.17) is 9.47 Å². The van der Waals surface area contributed by atoms with E-state index in [0.29, 0.717) is 17.4 Å². The van der Waals surface area contributed by atoms with E-state index in [1.165, 1.54) is 11.1 Å². The maximum absolute atomic E-state index is 13.2. The first-order valence-corrected chi connectivity index (χ1v) is 12.2. The minimum absolute atomic E-state index is 0.0889. The van der Waals surface area contributed by atoms with Crippen LogP contribution in [0.1, 0.15) is 47.2 Å². The molecule has 0 spiro atoms. The highest BCUT2D eigenvalue weighted by molar-refractivity contribution is 5.98. The summed E-state index contributed by atoms with van der Waals surface area (Å²) in [4.78, 5) is 15.7. The second-order valence-corrected chi connectivity index (χ2v) is 9.29. The summed E-state index contributed by atoms with van der Waals surface area (Å²) in [6.45, 7) is 2.95. The number of methoxy groups -OCH3 is 2. The fourth-order valence-electron chi connectivity index (χ4n) is 5.07. The van der Waals surface area contributed by atoms with Gasteiger partial charge in [-0.2, -0.15) is 0 Å². The van der Waals surface area contributed by atoms with Gasteiger partial charge in [0.2, 0.25) is 0 Å². The normalized spacial score (nSPS) is 18.0. The van der Waals surface area contributed by atoms with E-state index in [1.54, 1.807) is 14.2 Å². The van der Waals surface area contributed by atoms with Crippen LogP contribution in [0.3, 0.4) is 0 Å². The Morgan fingerprint density at radius 3 is 1.85 bits per heavy atom. The van der Waals surface area contributed by atoms with Crippen LogP contribution in [0, 0.1) is 11.8 Å². The molecular formula is C30H35NO3. The van der Waals surface area contributed by atoms with E-state index < -0.39 is 0 Å². The lowest BCUT2D eigenvalue weighted by Crippen LogP contribution is -2.32. The van der Waals surface area contributed by atoms with Gasteiger partial charge in [-0.15, -0.1) is 0 Å². The molecular weight excluding hydrogens is 422 g/mol. The molecule has 0 amide bonds. The number of Topliss-reactive ketones (excluding diaryl/α,β-unsaturated/α-hetero) is 1. The molecule has 0 atom stereocenters. The van der Waals surface area contributed by atoms with Crippen molar-refractivity contribution in [3.8, 4) is 11.5 Å². The number of ketones is 1. The zero-order chi connectivity index (χ0) is 23.8. The van der Waals surface area contributed by atoms with Gasteiger partial charge in [-0.3, -0.25) is 9.69 Å². The van der Waals surface area contributed by atoms with E-state index in [-0.39, 0.29) is 11.7 Å². The van der Waals surface area contributed by atoms with Crippen LogP contribution in [0.25, 0.3) is 0 Å². The summed E-state index contributed by atoms with van der Waals surface area (Å²) in [6.07, 6.45) is 4.07. The average molecular weight is 458 g/mol. The molecule has 1 aliphatic carbocycles. The molecule has 3 aromatic rings. The van der Waals surface area contributed by atoms with Crippen molar-refractivity contribution in [3.63, 3.8) is 0 Å². The first-order chi connectivity index (χ1) is 16.7. The Bertz CT molecular complexity index is 1000. The number of benzene rings is 3. The third kappa shape index (κ3) is 6.27. The quantitative estimate of drug-likeness (QED) is 0.331. The van der Waals surface area contributed by atoms with Gasteiger partial charge >= 0.3 is 0 Å². The van der Waals surface area contributed by atoms with Gasteiger partial charge in [0.1, 0.15) is 0 Å². The maximum Gasteiger partial charge on any atom is 0.166 e. The molecule has 0 N–H and O–H groups in total. The Kier molecular flexibility index (Phi) is 8.37. The molecule has 4 nitrogen and oxygen atoms in total. The Morgan fingerprint density at radius 2 is 1.32 bits per heavy atom. The predicted molar refractivity (Wildman–Crippen MR) is 136 cm³/mol. The number of hydrogen-bond donors (Lipinski definition) is 0. The highest BCUT2D eigenvalue weighted by atomic mass is 16.5. The van der Waals surface area contributed by atoms with E-state index in [0.717, 1.165) is 50.9 Å². The molecule has 34 heavy (non-hydrogen) atoms. The van der Waals surface area contributed by atoms with Gasteiger partial charge in [-0.25, -0.2) is 0 Å². The first kappa shape index (κ1) is 24.0. The number of nitrogens with zero attached hydrogens (tertiary/aromatic N) is 1. The molecule has 3 aromatic carbocycles. The highest BCUT2D eigenvalue weighted by Crippen LogP contribution is 2.34.